The molecular formula is C54H35N3O. The number of hydrogen-bond acceptors (Lipinski definition) is 2. The van der Waals surface area contributed by atoms with E-state index in [-0.39, 0.29) is 0 Å². The molecule has 12 rings (SSSR count). The lowest BCUT2D eigenvalue weighted by Gasteiger charge is -2.13. The summed E-state index contributed by atoms with van der Waals surface area (Å²) >= 11 is 0. The van der Waals surface area contributed by atoms with E-state index >= 15 is 0 Å². The number of nitrogens with zero attached hydrogens (tertiary/aromatic N) is 1. The number of anilines is 2. The van der Waals surface area contributed by atoms with Gasteiger partial charge in [0.25, 0.3) is 0 Å². The third kappa shape index (κ3) is 5.23. The average Bonchev–Trinajstić information content (AvgIpc) is 3.95. The first-order valence-electron chi connectivity index (χ1n) is 19.7. The van der Waals surface area contributed by atoms with Crippen molar-refractivity contribution in [1.29, 1.82) is 0 Å². The largest absolute Gasteiger partial charge is 0.456 e. The van der Waals surface area contributed by atoms with Crippen molar-refractivity contribution in [1.82, 2.24) is 9.55 Å². The van der Waals surface area contributed by atoms with Crippen LogP contribution in [-0.2, 0) is 0 Å². The van der Waals surface area contributed by atoms with E-state index in [1.807, 2.05) is 18.2 Å². The second-order valence-corrected chi connectivity index (χ2v) is 15.1. The maximum absolute atomic E-state index is 6.08. The topological polar surface area (TPSA) is 45.9 Å². The monoisotopic (exact) mass is 741 g/mol. The van der Waals surface area contributed by atoms with Crippen molar-refractivity contribution in [3.8, 4) is 39.1 Å². The van der Waals surface area contributed by atoms with Gasteiger partial charge in [-0.05, 0) is 101 Å². The summed E-state index contributed by atoms with van der Waals surface area (Å²) in [5.74, 6) is 0. The molecular weight excluding hydrogens is 707 g/mol. The molecule has 0 aliphatic rings. The minimum atomic E-state index is 0.891. The van der Waals surface area contributed by atoms with E-state index in [0.717, 1.165) is 61.2 Å². The van der Waals surface area contributed by atoms with E-state index in [0.29, 0.717) is 0 Å². The minimum Gasteiger partial charge on any atom is -0.456 e. The van der Waals surface area contributed by atoms with E-state index in [9.17, 15) is 0 Å². The lowest BCUT2D eigenvalue weighted by atomic mass is 9.98. The van der Waals surface area contributed by atoms with Gasteiger partial charge >= 0.3 is 0 Å². The molecule has 0 unspecified atom stereocenters. The van der Waals surface area contributed by atoms with Crippen LogP contribution in [0.3, 0.4) is 0 Å². The Kier molecular flexibility index (Phi) is 7.20. The van der Waals surface area contributed by atoms with Gasteiger partial charge < -0.3 is 19.3 Å². The van der Waals surface area contributed by atoms with Crippen LogP contribution in [0.1, 0.15) is 0 Å². The SMILES string of the molecule is c1ccc(-n2c3ccc(-c4ccc5c(c4)[nH]c4ccccc45)cc3c3ccc(-c4ccc(-c5ccccc5Nc5ccc6oc7ccccc7c6c5)cc4)cc32)cc1. The summed E-state index contributed by atoms with van der Waals surface area (Å²) in [5.41, 5.74) is 16.7. The number of furan rings is 1. The molecule has 4 heteroatoms. The van der Waals surface area contributed by atoms with E-state index in [1.165, 1.54) is 54.8 Å². The summed E-state index contributed by atoms with van der Waals surface area (Å²) in [6, 6.07) is 71.8. The van der Waals surface area contributed by atoms with Gasteiger partial charge in [-0.25, -0.2) is 0 Å². The van der Waals surface area contributed by atoms with Crippen LogP contribution >= 0.6 is 0 Å². The highest BCUT2D eigenvalue weighted by Crippen LogP contribution is 2.39. The molecule has 272 valence electrons. The zero-order valence-electron chi connectivity index (χ0n) is 31.4. The normalized spacial score (nSPS) is 11.8. The molecule has 0 saturated heterocycles. The molecule has 0 aliphatic carbocycles. The molecule has 0 bridgehead atoms. The first kappa shape index (κ1) is 32.4. The number of benzene rings is 9. The van der Waals surface area contributed by atoms with Gasteiger partial charge in [-0.1, -0.05) is 127 Å². The molecule has 0 saturated carbocycles. The number of fused-ring (bicyclic) bond motifs is 9. The summed E-state index contributed by atoms with van der Waals surface area (Å²) in [4.78, 5) is 3.63. The maximum Gasteiger partial charge on any atom is 0.135 e. The third-order valence-corrected chi connectivity index (χ3v) is 11.7. The smallest absolute Gasteiger partial charge is 0.135 e. The zero-order chi connectivity index (χ0) is 38.2. The molecule has 0 atom stereocenters. The number of aromatic amines is 1. The number of H-pyrrole nitrogens is 1. The highest BCUT2D eigenvalue weighted by molar-refractivity contribution is 6.12. The third-order valence-electron chi connectivity index (χ3n) is 11.7. The number of hydrogen-bond donors (Lipinski definition) is 2. The molecule has 9 aromatic carbocycles. The van der Waals surface area contributed by atoms with Crippen molar-refractivity contribution in [2.75, 3.05) is 5.32 Å². The van der Waals surface area contributed by atoms with Crippen LogP contribution in [0.5, 0.6) is 0 Å². The number of para-hydroxylation sites is 4. The Labute approximate surface area is 334 Å². The van der Waals surface area contributed by atoms with Crippen molar-refractivity contribution in [2.45, 2.75) is 0 Å². The van der Waals surface area contributed by atoms with E-state index in [1.54, 1.807) is 0 Å². The second kappa shape index (κ2) is 12.9. The fraction of sp³-hybridized carbons (Fsp3) is 0. The number of rotatable bonds is 6. The van der Waals surface area contributed by atoms with Crippen LogP contribution in [0.15, 0.2) is 205 Å². The summed E-state index contributed by atoms with van der Waals surface area (Å²) in [7, 11) is 0. The fourth-order valence-corrected chi connectivity index (χ4v) is 8.91. The van der Waals surface area contributed by atoms with Crippen LogP contribution in [-0.4, -0.2) is 9.55 Å². The fourth-order valence-electron chi connectivity index (χ4n) is 8.91. The molecule has 3 aromatic heterocycles. The Morgan fingerprint density at radius 3 is 1.93 bits per heavy atom. The Bertz CT molecular complexity index is 3530. The van der Waals surface area contributed by atoms with Gasteiger partial charge in [0.2, 0.25) is 0 Å². The van der Waals surface area contributed by atoms with Crippen molar-refractivity contribution in [2.24, 2.45) is 0 Å². The molecule has 3 heterocycles. The summed E-state index contributed by atoms with van der Waals surface area (Å²) in [6.45, 7) is 0. The highest BCUT2D eigenvalue weighted by atomic mass is 16.3. The van der Waals surface area contributed by atoms with Gasteiger partial charge in [0.1, 0.15) is 11.2 Å². The van der Waals surface area contributed by atoms with Crippen molar-refractivity contribution < 1.29 is 4.42 Å². The van der Waals surface area contributed by atoms with Crippen LogP contribution in [0.4, 0.5) is 11.4 Å². The van der Waals surface area contributed by atoms with Crippen LogP contribution < -0.4 is 5.32 Å². The molecule has 12 aromatic rings. The maximum atomic E-state index is 6.08. The molecule has 0 radical (unpaired) electrons. The van der Waals surface area contributed by atoms with Gasteiger partial charge in [-0.3, -0.25) is 0 Å². The molecule has 0 spiro atoms. The molecule has 4 nitrogen and oxygen atoms in total. The first-order chi connectivity index (χ1) is 28.7. The predicted molar refractivity (Wildman–Crippen MR) is 243 cm³/mol. The first-order valence-corrected chi connectivity index (χ1v) is 19.7. The van der Waals surface area contributed by atoms with Gasteiger partial charge in [-0.15, -0.1) is 0 Å². The quantitative estimate of drug-likeness (QED) is 0.178. The molecule has 0 fully saturated rings. The zero-order valence-corrected chi connectivity index (χ0v) is 31.4. The Morgan fingerprint density at radius 1 is 0.379 bits per heavy atom. The molecule has 2 N–H and O–H groups in total. The Hall–Kier alpha value is -7.82. The van der Waals surface area contributed by atoms with Crippen molar-refractivity contribution in [3.63, 3.8) is 0 Å². The van der Waals surface area contributed by atoms with Gasteiger partial charge in [0.15, 0.2) is 0 Å². The Balaban J connectivity index is 0.910. The van der Waals surface area contributed by atoms with Gasteiger partial charge in [0, 0.05) is 66.0 Å². The molecule has 0 aliphatic heterocycles. The van der Waals surface area contributed by atoms with Crippen molar-refractivity contribution >= 4 is 76.9 Å². The summed E-state index contributed by atoms with van der Waals surface area (Å²) < 4.78 is 8.48. The summed E-state index contributed by atoms with van der Waals surface area (Å²) in [6.07, 6.45) is 0. The highest BCUT2D eigenvalue weighted by Gasteiger charge is 2.16. The van der Waals surface area contributed by atoms with E-state index in [2.05, 4.69) is 197 Å². The number of nitrogens with one attached hydrogen (secondary N) is 2. The average molecular weight is 742 g/mol. The standard InChI is InChI=1S/C54H35N3O/c1-2-10-40(11-3-1)57-51-28-24-36(37-22-26-43-42-13-5-8-16-49(42)56-50(43)31-37)30-46(51)44-27-23-38(32-52(44)57)34-18-20-35(21-19-34)41-12-4-7-15-48(41)55-39-25-29-54-47(33-39)45-14-6-9-17-53(45)58-54/h1-33,55-56H. The predicted octanol–water partition coefficient (Wildman–Crippen LogP) is 15.1. The Morgan fingerprint density at radius 2 is 1.03 bits per heavy atom. The van der Waals surface area contributed by atoms with Gasteiger partial charge in [0.05, 0.1) is 11.0 Å². The van der Waals surface area contributed by atoms with Crippen LogP contribution in [0.25, 0.3) is 105 Å². The molecule has 0 amide bonds. The molecule has 58 heavy (non-hydrogen) atoms. The minimum absolute atomic E-state index is 0.891. The second-order valence-electron chi connectivity index (χ2n) is 15.1. The van der Waals surface area contributed by atoms with Crippen LogP contribution in [0.2, 0.25) is 0 Å². The number of aromatic nitrogens is 2. The lowest BCUT2D eigenvalue weighted by Crippen LogP contribution is -1.94. The van der Waals surface area contributed by atoms with Crippen LogP contribution in [0, 0.1) is 0 Å². The van der Waals surface area contributed by atoms with Gasteiger partial charge in [-0.2, -0.15) is 0 Å². The van der Waals surface area contributed by atoms with E-state index < -0.39 is 0 Å². The van der Waals surface area contributed by atoms with E-state index in [4.69, 9.17) is 4.42 Å². The lowest BCUT2D eigenvalue weighted by molar-refractivity contribution is 0.669. The van der Waals surface area contributed by atoms with Crippen molar-refractivity contribution in [3.05, 3.63) is 200 Å². The summed E-state index contributed by atoms with van der Waals surface area (Å²) in [5, 5.41) is 10.9.